The van der Waals surface area contributed by atoms with E-state index >= 15 is 0 Å². The number of aliphatic hydroxyl groups is 1. The van der Waals surface area contributed by atoms with E-state index in [1.165, 1.54) is 17.8 Å². The van der Waals surface area contributed by atoms with E-state index in [1.54, 1.807) is 18.4 Å². The number of amides is 1. The van der Waals surface area contributed by atoms with Gasteiger partial charge in [-0.25, -0.2) is 0 Å². The molecule has 0 fully saturated rings. The predicted octanol–water partition coefficient (Wildman–Crippen LogP) is 1.82. The summed E-state index contributed by atoms with van der Waals surface area (Å²) in [6, 6.07) is 4.43. The summed E-state index contributed by atoms with van der Waals surface area (Å²) in [6.45, 7) is 0.529. The third kappa shape index (κ3) is 4.53. The van der Waals surface area contributed by atoms with Crippen LogP contribution in [0.15, 0.2) is 23.1 Å². The van der Waals surface area contributed by atoms with Crippen molar-refractivity contribution in [2.45, 2.75) is 17.7 Å². The van der Waals surface area contributed by atoms with Gasteiger partial charge >= 0.3 is 0 Å². The monoisotopic (exact) mass is 284 g/mol. The van der Waals surface area contributed by atoms with Crippen LogP contribution in [-0.4, -0.2) is 35.3 Å². The van der Waals surface area contributed by atoms with Crippen LogP contribution in [0.4, 0.5) is 5.69 Å². The molecule has 0 spiro atoms. The lowest BCUT2D eigenvalue weighted by molar-refractivity contribution is -0.387. The number of benzene rings is 1. The highest BCUT2D eigenvalue weighted by molar-refractivity contribution is 7.98. The largest absolute Gasteiger partial charge is 0.396 e. The van der Waals surface area contributed by atoms with Gasteiger partial charge in [0.1, 0.15) is 0 Å². The zero-order valence-corrected chi connectivity index (χ0v) is 11.4. The molecule has 0 aromatic heterocycles. The molecule has 0 aliphatic rings. The minimum absolute atomic E-state index is 0.0597. The van der Waals surface area contributed by atoms with Crippen molar-refractivity contribution in [3.05, 3.63) is 33.9 Å². The summed E-state index contributed by atoms with van der Waals surface area (Å²) in [4.78, 5) is 22.7. The van der Waals surface area contributed by atoms with Crippen molar-refractivity contribution in [1.29, 1.82) is 0 Å². The molecule has 0 unspecified atom stereocenters. The van der Waals surface area contributed by atoms with Crippen molar-refractivity contribution >= 4 is 23.4 Å². The van der Waals surface area contributed by atoms with Crippen molar-refractivity contribution in [3.8, 4) is 0 Å². The number of aliphatic hydroxyl groups excluding tert-OH is 1. The van der Waals surface area contributed by atoms with Crippen molar-refractivity contribution in [2.75, 3.05) is 19.4 Å². The molecule has 7 heteroatoms. The van der Waals surface area contributed by atoms with Crippen LogP contribution in [-0.2, 0) is 0 Å². The van der Waals surface area contributed by atoms with Gasteiger partial charge in [-0.1, -0.05) is 0 Å². The van der Waals surface area contributed by atoms with Gasteiger partial charge in [0.15, 0.2) is 0 Å². The van der Waals surface area contributed by atoms with E-state index < -0.39 is 4.92 Å². The Morgan fingerprint density at radius 1 is 1.47 bits per heavy atom. The van der Waals surface area contributed by atoms with Gasteiger partial charge in [0.2, 0.25) is 0 Å². The molecule has 1 rings (SSSR count). The molecular weight excluding hydrogens is 268 g/mol. The number of thioether (sulfide) groups is 1. The molecule has 1 aromatic carbocycles. The summed E-state index contributed by atoms with van der Waals surface area (Å²) >= 11 is 1.27. The first kappa shape index (κ1) is 15.5. The van der Waals surface area contributed by atoms with Gasteiger partial charge in [0.25, 0.3) is 11.6 Å². The van der Waals surface area contributed by atoms with Gasteiger partial charge in [-0.15, -0.1) is 11.8 Å². The van der Waals surface area contributed by atoms with E-state index in [9.17, 15) is 14.9 Å². The quantitative estimate of drug-likeness (QED) is 0.345. The van der Waals surface area contributed by atoms with Crippen LogP contribution in [0.3, 0.4) is 0 Å². The molecule has 1 aromatic rings. The van der Waals surface area contributed by atoms with Crippen LogP contribution in [0.2, 0.25) is 0 Å². The summed E-state index contributed by atoms with van der Waals surface area (Å²) in [5.74, 6) is -0.339. The fourth-order valence-electron chi connectivity index (χ4n) is 1.51. The molecule has 0 saturated heterocycles. The van der Waals surface area contributed by atoms with Crippen LogP contribution < -0.4 is 5.32 Å². The number of rotatable bonds is 7. The summed E-state index contributed by atoms with van der Waals surface area (Å²) in [5, 5.41) is 22.2. The van der Waals surface area contributed by atoms with Crippen LogP contribution in [0.5, 0.6) is 0 Å². The zero-order valence-electron chi connectivity index (χ0n) is 10.6. The number of nitro benzene ring substituents is 1. The fourth-order valence-corrected chi connectivity index (χ4v) is 2.06. The second-order valence-corrected chi connectivity index (χ2v) is 4.68. The standard InChI is InChI=1S/C12H16N2O4S/c1-19-11-5-4-9(8-10(11)14(17)18)12(16)13-6-2-3-7-15/h4-5,8,15H,2-3,6-7H2,1H3,(H,13,16). The normalized spacial score (nSPS) is 10.2. The SMILES string of the molecule is CSc1ccc(C(=O)NCCCCO)cc1[N+](=O)[O-]. The molecule has 0 saturated carbocycles. The minimum Gasteiger partial charge on any atom is -0.396 e. The second kappa shape index (κ2) is 7.75. The van der Waals surface area contributed by atoms with E-state index in [0.29, 0.717) is 24.3 Å². The first-order chi connectivity index (χ1) is 9.10. The maximum Gasteiger partial charge on any atom is 0.283 e. The molecule has 19 heavy (non-hydrogen) atoms. The fraction of sp³-hybridized carbons (Fsp3) is 0.417. The summed E-state index contributed by atoms with van der Waals surface area (Å²) in [6.07, 6.45) is 3.04. The van der Waals surface area contributed by atoms with E-state index in [2.05, 4.69) is 5.32 Å². The second-order valence-electron chi connectivity index (χ2n) is 3.83. The molecule has 0 bridgehead atoms. The smallest absolute Gasteiger partial charge is 0.283 e. The maximum atomic E-state index is 11.8. The van der Waals surface area contributed by atoms with Crippen LogP contribution in [0.25, 0.3) is 0 Å². The van der Waals surface area contributed by atoms with E-state index in [-0.39, 0.29) is 23.8 Å². The molecular formula is C12H16N2O4S. The molecule has 0 heterocycles. The highest BCUT2D eigenvalue weighted by Gasteiger charge is 2.16. The maximum absolute atomic E-state index is 11.8. The molecule has 6 nitrogen and oxygen atoms in total. The predicted molar refractivity (Wildman–Crippen MR) is 73.5 cm³/mol. The topological polar surface area (TPSA) is 92.5 Å². The summed E-state index contributed by atoms with van der Waals surface area (Å²) < 4.78 is 0. The lowest BCUT2D eigenvalue weighted by Crippen LogP contribution is -2.24. The first-order valence-electron chi connectivity index (χ1n) is 5.81. The van der Waals surface area contributed by atoms with Crippen molar-refractivity contribution in [2.24, 2.45) is 0 Å². The van der Waals surface area contributed by atoms with Crippen molar-refractivity contribution < 1.29 is 14.8 Å². The van der Waals surface area contributed by atoms with Crippen LogP contribution in [0, 0.1) is 10.1 Å². The van der Waals surface area contributed by atoms with Gasteiger partial charge in [0, 0.05) is 24.8 Å². The highest BCUT2D eigenvalue weighted by atomic mass is 32.2. The van der Waals surface area contributed by atoms with Gasteiger partial charge in [-0.05, 0) is 31.2 Å². The molecule has 0 aliphatic carbocycles. The molecule has 0 radical (unpaired) electrons. The van der Waals surface area contributed by atoms with Crippen molar-refractivity contribution in [3.63, 3.8) is 0 Å². The average molecular weight is 284 g/mol. The van der Waals surface area contributed by atoms with Crippen molar-refractivity contribution in [1.82, 2.24) is 5.32 Å². The summed E-state index contributed by atoms with van der Waals surface area (Å²) in [5.41, 5.74) is 0.212. The molecule has 104 valence electrons. The number of hydrogen-bond donors (Lipinski definition) is 2. The Morgan fingerprint density at radius 3 is 2.79 bits per heavy atom. The van der Waals surface area contributed by atoms with Gasteiger partial charge in [-0.3, -0.25) is 14.9 Å². The van der Waals surface area contributed by atoms with E-state index in [4.69, 9.17) is 5.11 Å². The zero-order chi connectivity index (χ0) is 14.3. The lowest BCUT2D eigenvalue weighted by Gasteiger charge is -2.06. The highest BCUT2D eigenvalue weighted by Crippen LogP contribution is 2.28. The minimum atomic E-state index is -0.492. The Balaban J connectivity index is 2.75. The average Bonchev–Trinajstić information content (AvgIpc) is 2.42. The number of nitro groups is 1. The van der Waals surface area contributed by atoms with Crippen LogP contribution in [0.1, 0.15) is 23.2 Å². The molecule has 1 amide bonds. The molecule has 0 atom stereocenters. The Hall–Kier alpha value is -1.60. The number of hydrogen-bond acceptors (Lipinski definition) is 5. The Bertz CT molecular complexity index is 465. The first-order valence-corrected chi connectivity index (χ1v) is 7.04. The Labute approximate surface area is 115 Å². The Kier molecular flexibility index (Phi) is 6.31. The number of nitrogens with zero attached hydrogens (tertiary/aromatic N) is 1. The molecule has 2 N–H and O–H groups in total. The number of nitrogens with one attached hydrogen (secondary N) is 1. The summed E-state index contributed by atoms with van der Waals surface area (Å²) in [7, 11) is 0. The van der Waals surface area contributed by atoms with Gasteiger partial charge in [-0.2, -0.15) is 0 Å². The third-order valence-electron chi connectivity index (χ3n) is 2.51. The number of carbonyl (C=O) groups is 1. The van der Waals surface area contributed by atoms with Gasteiger partial charge in [0.05, 0.1) is 9.82 Å². The molecule has 0 aliphatic heterocycles. The van der Waals surface area contributed by atoms with E-state index in [0.717, 1.165) is 0 Å². The lowest BCUT2D eigenvalue weighted by atomic mass is 10.2. The van der Waals surface area contributed by atoms with Gasteiger partial charge < -0.3 is 10.4 Å². The van der Waals surface area contributed by atoms with Crippen LogP contribution >= 0.6 is 11.8 Å². The Morgan fingerprint density at radius 2 is 2.21 bits per heavy atom. The number of unbranched alkanes of at least 4 members (excludes halogenated alkanes) is 1. The number of carbonyl (C=O) groups excluding carboxylic acids is 1. The van der Waals surface area contributed by atoms with E-state index in [1.807, 2.05) is 0 Å². The third-order valence-corrected chi connectivity index (χ3v) is 3.29.